The van der Waals surface area contributed by atoms with Crippen LogP contribution in [0.5, 0.6) is 0 Å². The quantitative estimate of drug-likeness (QED) is 0.439. The lowest BCUT2D eigenvalue weighted by Gasteiger charge is -2.60. The molecule has 0 bridgehead atoms. The molecule has 0 heterocycles. The van der Waals surface area contributed by atoms with Crippen molar-refractivity contribution in [3.05, 3.63) is 11.8 Å². The first-order valence-electron chi connectivity index (χ1n) is 10.7. The second kappa shape index (κ2) is 7.00. The minimum absolute atomic E-state index is 0.0425. The minimum Gasteiger partial charge on any atom is -0.328 e. The third-order valence-corrected chi connectivity index (χ3v) is 8.67. The largest absolute Gasteiger partial charge is 0.328 e. The number of hydrogen-bond acceptors (Lipinski definition) is 5. The predicted octanol–water partition coefficient (Wildman–Crippen LogP) is 3.00. The number of carbonyl (C=O) groups is 2. The first-order valence-corrected chi connectivity index (χ1v) is 10.7. The number of Topliss-reactive ketones (excluding diaryl/α,β-unsaturated/α-hetero) is 1. The molecule has 4 aliphatic rings. The second-order valence-corrected chi connectivity index (χ2v) is 9.79. The Morgan fingerprint density at radius 2 is 2.07 bits per heavy atom. The van der Waals surface area contributed by atoms with Crippen LogP contribution in [0.2, 0.25) is 0 Å². The van der Waals surface area contributed by atoms with Crippen molar-refractivity contribution in [3.8, 4) is 0 Å². The third kappa shape index (κ3) is 2.89. The van der Waals surface area contributed by atoms with Crippen molar-refractivity contribution in [2.75, 3.05) is 13.2 Å². The lowest BCUT2D eigenvalue weighted by molar-refractivity contribution is -0.142. The van der Waals surface area contributed by atoms with E-state index in [0.717, 1.165) is 50.6 Å². The highest BCUT2D eigenvalue weighted by Crippen LogP contribution is 2.65. The standard InChI is InChI=1S/C22H34N2O3/c1-21-7-5-15(24-27-10-9-23)12-19(21)14(13-25)11-16-17-3-4-20(26)22(17,2)8-6-18(16)21/h12-14,16-19,24H,3-11,23H2,1-2H3/t14?,16-,17-,18-,19?,21+,22-/m0/s1. The number of aldehydes is 1. The lowest BCUT2D eigenvalue weighted by Crippen LogP contribution is -2.55. The van der Waals surface area contributed by atoms with E-state index in [4.69, 9.17) is 10.6 Å². The Balaban J connectivity index is 1.61. The van der Waals surface area contributed by atoms with E-state index in [1.165, 1.54) is 6.29 Å². The molecule has 2 unspecified atom stereocenters. The van der Waals surface area contributed by atoms with E-state index in [9.17, 15) is 9.59 Å². The molecule has 3 fully saturated rings. The Labute approximate surface area is 162 Å². The molecule has 5 heteroatoms. The van der Waals surface area contributed by atoms with Gasteiger partial charge in [0, 0.05) is 30.0 Å². The second-order valence-electron chi connectivity index (χ2n) is 9.79. The number of nitrogens with two attached hydrogens (primary N) is 1. The maximum Gasteiger partial charge on any atom is 0.139 e. The van der Waals surface area contributed by atoms with Crippen molar-refractivity contribution in [2.45, 2.75) is 58.8 Å². The van der Waals surface area contributed by atoms with Crippen LogP contribution in [-0.2, 0) is 14.4 Å². The molecule has 4 rings (SSSR count). The van der Waals surface area contributed by atoms with Gasteiger partial charge in [-0.05, 0) is 67.6 Å². The van der Waals surface area contributed by atoms with E-state index in [0.29, 0.717) is 36.7 Å². The Kier molecular flexibility index (Phi) is 4.96. The fourth-order valence-corrected chi connectivity index (χ4v) is 7.20. The van der Waals surface area contributed by atoms with Crippen molar-refractivity contribution in [1.82, 2.24) is 5.48 Å². The Bertz CT molecular complexity index is 647. The van der Waals surface area contributed by atoms with Crippen LogP contribution < -0.4 is 11.2 Å². The van der Waals surface area contributed by atoms with Crippen LogP contribution in [-0.4, -0.2) is 25.2 Å². The van der Waals surface area contributed by atoms with Gasteiger partial charge in [-0.3, -0.25) is 15.1 Å². The van der Waals surface area contributed by atoms with E-state index < -0.39 is 0 Å². The molecule has 27 heavy (non-hydrogen) atoms. The summed E-state index contributed by atoms with van der Waals surface area (Å²) < 4.78 is 0. The van der Waals surface area contributed by atoms with Crippen LogP contribution in [0.15, 0.2) is 11.8 Å². The van der Waals surface area contributed by atoms with E-state index in [1.807, 2.05) is 0 Å². The molecule has 0 amide bonds. The molecule has 0 aromatic carbocycles. The zero-order valence-corrected chi connectivity index (χ0v) is 16.7. The molecular weight excluding hydrogens is 340 g/mol. The molecule has 0 aliphatic heterocycles. The van der Waals surface area contributed by atoms with Crippen molar-refractivity contribution in [2.24, 2.45) is 46.2 Å². The Hall–Kier alpha value is -1.20. The Morgan fingerprint density at radius 1 is 1.26 bits per heavy atom. The van der Waals surface area contributed by atoms with Crippen molar-refractivity contribution in [1.29, 1.82) is 0 Å². The van der Waals surface area contributed by atoms with Crippen LogP contribution >= 0.6 is 0 Å². The summed E-state index contributed by atoms with van der Waals surface area (Å²) in [6, 6.07) is 0. The average molecular weight is 375 g/mol. The van der Waals surface area contributed by atoms with Gasteiger partial charge < -0.3 is 10.5 Å². The number of ketones is 1. The van der Waals surface area contributed by atoms with Crippen LogP contribution in [0.4, 0.5) is 0 Å². The summed E-state index contributed by atoms with van der Waals surface area (Å²) in [5, 5.41) is 0. The van der Waals surface area contributed by atoms with Gasteiger partial charge in [0.25, 0.3) is 0 Å². The fraction of sp³-hybridized carbons (Fsp3) is 0.818. The number of nitrogens with one attached hydrogen (secondary N) is 1. The molecule has 7 atom stereocenters. The zero-order chi connectivity index (χ0) is 19.2. The Morgan fingerprint density at radius 3 is 2.81 bits per heavy atom. The van der Waals surface area contributed by atoms with E-state index in [-0.39, 0.29) is 22.7 Å². The van der Waals surface area contributed by atoms with Gasteiger partial charge >= 0.3 is 0 Å². The first kappa shape index (κ1) is 19.1. The van der Waals surface area contributed by atoms with Gasteiger partial charge in [-0.2, -0.15) is 0 Å². The first-order chi connectivity index (χ1) is 12.9. The molecule has 0 aromatic heterocycles. The fourth-order valence-electron chi connectivity index (χ4n) is 7.20. The van der Waals surface area contributed by atoms with E-state index >= 15 is 0 Å². The van der Waals surface area contributed by atoms with E-state index in [2.05, 4.69) is 25.4 Å². The summed E-state index contributed by atoms with van der Waals surface area (Å²) >= 11 is 0. The van der Waals surface area contributed by atoms with Crippen molar-refractivity contribution < 1.29 is 14.4 Å². The van der Waals surface area contributed by atoms with Gasteiger partial charge in [0.05, 0.1) is 6.61 Å². The van der Waals surface area contributed by atoms with Crippen molar-refractivity contribution in [3.63, 3.8) is 0 Å². The van der Waals surface area contributed by atoms with Crippen molar-refractivity contribution >= 4 is 12.1 Å². The van der Waals surface area contributed by atoms with E-state index in [1.54, 1.807) is 0 Å². The van der Waals surface area contributed by atoms with Crippen LogP contribution in [0, 0.1) is 40.4 Å². The molecule has 3 N–H and O–H groups in total. The summed E-state index contributed by atoms with van der Waals surface area (Å²) in [7, 11) is 0. The summed E-state index contributed by atoms with van der Waals surface area (Å²) in [6.07, 6.45) is 10.3. The SMILES string of the molecule is C[C@]12CCC(NOCCN)=CC1C(C=O)C[C@@H]1[C@@H]2CC[C@]2(C)C(=O)CC[C@@H]12. The highest BCUT2D eigenvalue weighted by molar-refractivity contribution is 5.87. The number of fused-ring (bicyclic) bond motifs is 5. The topological polar surface area (TPSA) is 81.4 Å². The molecule has 0 spiro atoms. The lowest BCUT2D eigenvalue weighted by atomic mass is 9.44. The zero-order valence-electron chi connectivity index (χ0n) is 16.7. The number of hydrogen-bond donors (Lipinski definition) is 2. The molecular formula is C22H34N2O3. The minimum atomic E-state index is -0.134. The molecule has 0 aromatic rings. The maximum atomic E-state index is 12.6. The molecule has 0 radical (unpaired) electrons. The summed E-state index contributed by atoms with van der Waals surface area (Å²) in [6.45, 7) is 5.57. The van der Waals surface area contributed by atoms with Crippen LogP contribution in [0.25, 0.3) is 0 Å². The third-order valence-electron chi connectivity index (χ3n) is 8.67. The summed E-state index contributed by atoms with van der Waals surface area (Å²) in [5.41, 5.74) is 9.65. The van der Waals surface area contributed by atoms with Gasteiger partial charge in [-0.1, -0.05) is 19.9 Å². The normalized spacial score (nSPS) is 46.1. The maximum absolute atomic E-state index is 12.6. The highest BCUT2D eigenvalue weighted by Gasteiger charge is 2.61. The monoisotopic (exact) mass is 374 g/mol. The molecule has 0 saturated heterocycles. The van der Waals surface area contributed by atoms with Crippen LogP contribution in [0.3, 0.4) is 0 Å². The molecule has 4 aliphatic carbocycles. The average Bonchev–Trinajstić information content (AvgIpc) is 2.96. The summed E-state index contributed by atoms with van der Waals surface area (Å²) in [5.74, 6) is 2.37. The van der Waals surface area contributed by atoms with Gasteiger partial charge in [0.15, 0.2) is 0 Å². The molecule has 3 saturated carbocycles. The molecule has 5 nitrogen and oxygen atoms in total. The van der Waals surface area contributed by atoms with Gasteiger partial charge in [-0.25, -0.2) is 0 Å². The smallest absolute Gasteiger partial charge is 0.139 e. The number of hydroxylamine groups is 1. The number of rotatable bonds is 5. The number of allylic oxidation sites excluding steroid dienone is 2. The van der Waals surface area contributed by atoms with Gasteiger partial charge in [-0.15, -0.1) is 0 Å². The summed E-state index contributed by atoms with van der Waals surface area (Å²) in [4.78, 5) is 30.1. The van der Waals surface area contributed by atoms with Gasteiger partial charge in [0.1, 0.15) is 12.1 Å². The molecule has 150 valence electrons. The van der Waals surface area contributed by atoms with Gasteiger partial charge in [0.2, 0.25) is 0 Å². The highest BCUT2D eigenvalue weighted by atomic mass is 16.6. The number of carbonyl (C=O) groups excluding carboxylic acids is 2. The van der Waals surface area contributed by atoms with Crippen LogP contribution in [0.1, 0.15) is 58.8 Å². The predicted molar refractivity (Wildman–Crippen MR) is 103 cm³/mol.